The zero-order valence-corrected chi connectivity index (χ0v) is 12.7. The van der Waals surface area contributed by atoms with E-state index in [4.69, 9.17) is 9.47 Å². The van der Waals surface area contributed by atoms with Gasteiger partial charge in [-0.1, -0.05) is 13.3 Å². The molecular weight excluding hydrogens is 238 g/mol. The Kier molecular flexibility index (Phi) is 6.11. The van der Waals surface area contributed by atoms with E-state index in [2.05, 4.69) is 12.2 Å². The lowest BCUT2D eigenvalue weighted by atomic mass is 9.77. The first-order chi connectivity index (χ1) is 9.28. The van der Waals surface area contributed by atoms with Crippen molar-refractivity contribution in [3.05, 3.63) is 0 Å². The molecule has 0 amide bonds. The molecule has 2 rings (SSSR count). The highest BCUT2D eigenvalue weighted by Gasteiger charge is 2.37. The fraction of sp³-hybridized carbons (Fsp3) is 1.00. The van der Waals surface area contributed by atoms with Gasteiger partial charge in [0.05, 0.1) is 18.8 Å². The Labute approximate surface area is 118 Å². The molecule has 0 atom stereocenters. The second-order valence-electron chi connectivity index (χ2n) is 6.24. The highest BCUT2D eigenvalue weighted by Crippen LogP contribution is 2.36. The maximum atomic E-state index is 6.26. The zero-order chi connectivity index (χ0) is 13.6. The second-order valence-corrected chi connectivity index (χ2v) is 6.24. The molecule has 0 spiro atoms. The maximum Gasteiger partial charge on any atom is 0.0807 e. The Morgan fingerprint density at radius 3 is 2.37 bits per heavy atom. The molecule has 0 heterocycles. The van der Waals surface area contributed by atoms with Crippen LogP contribution < -0.4 is 5.32 Å². The molecule has 0 bridgehead atoms. The highest BCUT2D eigenvalue weighted by atomic mass is 16.5. The molecule has 3 heteroatoms. The fourth-order valence-electron chi connectivity index (χ4n) is 3.06. The van der Waals surface area contributed by atoms with Crippen LogP contribution in [0.25, 0.3) is 0 Å². The van der Waals surface area contributed by atoms with Crippen molar-refractivity contribution in [2.75, 3.05) is 26.4 Å². The van der Waals surface area contributed by atoms with Crippen LogP contribution in [0.15, 0.2) is 0 Å². The molecule has 1 N–H and O–H groups in total. The quantitative estimate of drug-likeness (QED) is 0.652. The molecule has 19 heavy (non-hydrogen) atoms. The Bertz CT molecular complexity index is 245. The molecule has 2 fully saturated rings. The lowest BCUT2D eigenvalue weighted by Gasteiger charge is -2.40. The highest BCUT2D eigenvalue weighted by molar-refractivity contribution is 4.92. The van der Waals surface area contributed by atoms with Gasteiger partial charge < -0.3 is 14.8 Å². The smallest absolute Gasteiger partial charge is 0.0807 e. The number of nitrogens with one attached hydrogen (secondary N) is 1. The van der Waals surface area contributed by atoms with Gasteiger partial charge in [-0.2, -0.15) is 0 Å². The minimum atomic E-state index is 0.0887. The third-order valence-corrected chi connectivity index (χ3v) is 4.72. The minimum absolute atomic E-state index is 0.0887. The SMILES string of the molecule is CCOCCOC1(CNC2CC2)CCC(CC)CC1. The minimum Gasteiger partial charge on any atom is -0.379 e. The lowest BCUT2D eigenvalue weighted by molar-refractivity contribution is -0.0922. The molecule has 0 aromatic rings. The van der Waals surface area contributed by atoms with Gasteiger partial charge in [-0.25, -0.2) is 0 Å². The molecule has 2 saturated carbocycles. The molecule has 0 aromatic heterocycles. The van der Waals surface area contributed by atoms with Crippen molar-refractivity contribution in [1.29, 1.82) is 0 Å². The first-order valence-corrected chi connectivity index (χ1v) is 8.23. The molecule has 2 aliphatic carbocycles. The molecule has 0 unspecified atom stereocenters. The Morgan fingerprint density at radius 1 is 1.05 bits per heavy atom. The van der Waals surface area contributed by atoms with Crippen LogP contribution in [0.1, 0.15) is 58.8 Å². The van der Waals surface area contributed by atoms with Crippen LogP contribution in [0.4, 0.5) is 0 Å². The fourth-order valence-corrected chi connectivity index (χ4v) is 3.06. The van der Waals surface area contributed by atoms with Crippen LogP contribution in [-0.2, 0) is 9.47 Å². The molecule has 0 saturated heterocycles. The molecule has 0 radical (unpaired) electrons. The van der Waals surface area contributed by atoms with Gasteiger partial charge in [0.2, 0.25) is 0 Å². The number of rotatable bonds is 9. The van der Waals surface area contributed by atoms with E-state index in [0.29, 0.717) is 0 Å². The summed E-state index contributed by atoms with van der Waals surface area (Å²) in [5.41, 5.74) is 0.0887. The summed E-state index contributed by atoms with van der Waals surface area (Å²) in [6.07, 6.45) is 9.13. The molecular formula is C16H31NO2. The van der Waals surface area contributed by atoms with Gasteiger partial charge in [0, 0.05) is 19.2 Å². The van der Waals surface area contributed by atoms with E-state index in [0.717, 1.165) is 38.3 Å². The van der Waals surface area contributed by atoms with Crippen LogP contribution in [0.2, 0.25) is 0 Å². The van der Waals surface area contributed by atoms with E-state index < -0.39 is 0 Å². The summed E-state index contributed by atoms with van der Waals surface area (Å²) in [5.74, 6) is 0.921. The van der Waals surface area contributed by atoms with E-state index in [-0.39, 0.29) is 5.60 Å². The largest absolute Gasteiger partial charge is 0.379 e. The van der Waals surface area contributed by atoms with Gasteiger partial charge in [0.1, 0.15) is 0 Å². The van der Waals surface area contributed by atoms with Gasteiger partial charge in [0.25, 0.3) is 0 Å². The normalized spacial score (nSPS) is 31.6. The monoisotopic (exact) mass is 269 g/mol. The zero-order valence-electron chi connectivity index (χ0n) is 12.7. The molecule has 2 aliphatic rings. The first-order valence-electron chi connectivity index (χ1n) is 8.23. The molecule has 112 valence electrons. The summed E-state index contributed by atoms with van der Waals surface area (Å²) in [5, 5.41) is 3.68. The van der Waals surface area contributed by atoms with Crippen molar-refractivity contribution in [2.24, 2.45) is 5.92 Å². The van der Waals surface area contributed by atoms with Crippen molar-refractivity contribution in [2.45, 2.75) is 70.4 Å². The summed E-state index contributed by atoms with van der Waals surface area (Å²) in [4.78, 5) is 0. The predicted octanol–water partition coefficient (Wildman–Crippen LogP) is 3.13. The average Bonchev–Trinajstić information content (AvgIpc) is 3.27. The first kappa shape index (κ1) is 15.3. The summed E-state index contributed by atoms with van der Waals surface area (Å²) >= 11 is 0. The number of hydrogen-bond acceptors (Lipinski definition) is 3. The van der Waals surface area contributed by atoms with Gasteiger partial charge >= 0.3 is 0 Å². The van der Waals surface area contributed by atoms with Crippen LogP contribution in [-0.4, -0.2) is 38.0 Å². The van der Waals surface area contributed by atoms with Crippen LogP contribution in [0.5, 0.6) is 0 Å². The Hall–Kier alpha value is -0.120. The third kappa shape index (κ3) is 5.05. The van der Waals surface area contributed by atoms with Crippen LogP contribution >= 0.6 is 0 Å². The number of ether oxygens (including phenoxy) is 2. The Balaban J connectivity index is 1.77. The van der Waals surface area contributed by atoms with Crippen molar-refractivity contribution in [3.8, 4) is 0 Å². The van der Waals surface area contributed by atoms with Gasteiger partial charge in [-0.3, -0.25) is 0 Å². The van der Waals surface area contributed by atoms with E-state index in [9.17, 15) is 0 Å². The topological polar surface area (TPSA) is 30.5 Å². The average molecular weight is 269 g/mol. The summed E-state index contributed by atoms with van der Waals surface area (Å²) < 4.78 is 11.7. The van der Waals surface area contributed by atoms with E-state index in [1.54, 1.807) is 0 Å². The second kappa shape index (κ2) is 7.61. The van der Waals surface area contributed by atoms with E-state index in [1.807, 2.05) is 6.92 Å². The van der Waals surface area contributed by atoms with Crippen LogP contribution in [0, 0.1) is 5.92 Å². The maximum absolute atomic E-state index is 6.26. The van der Waals surface area contributed by atoms with Crippen LogP contribution in [0.3, 0.4) is 0 Å². The lowest BCUT2D eigenvalue weighted by Crippen LogP contribution is -2.47. The van der Waals surface area contributed by atoms with Gasteiger partial charge in [-0.15, -0.1) is 0 Å². The van der Waals surface area contributed by atoms with Gasteiger partial charge in [-0.05, 0) is 51.4 Å². The van der Waals surface area contributed by atoms with Gasteiger partial charge in [0.15, 0.2) is 0 Å². The van der Waals surface area contributed by atoms with E-state index >= 15 is 0 Å². The van der Waals surface area contributed by atoms with Crippen molar-refractivity contribution in [1.82, 2.24) is 5.32 Å². The van der Waals surface area contributed by atoms with E-state index in [1.165, 1.54) is 44.9 Å². The molecule has 3 nitrogen and oxygen atoms in total. The van der Waals surface area contributed by atoms with Crippen molar-refractivity contribution < 1.29 is 9.47 Å². The number of hydrogen-bond donors (Lipinski definition) is 1. The molecule has 0 aliphatic heterocycles. The Morgan fingerprint density at radius 2 is 1.79 bits per heavy atom. The summed E-state index contributed by atoms with van der Waals surface area (Å²) in [7, 11) is 0. The molecule has 0 aromatic carbocycles. The van der Waals surface area contributed by atoms with Crippen molar-refractivity contribution in [3.63, 3.8) is 0 Å². The van der Waals surface area contributed by atoms with Crippen molar-refractivity contribution >= 4 is 0 Å². The standard InChI is InChI=1S/C16H31NO2/c1-3-14-7-9-16(10-8-14,13-17-15-5-6-15)19-12-11-18-4-2/h14-15,17H,3-13H2,1-2H3. The third-order valence-electron chi connectivity index (χ3n) is 4.72. The predicted molar refractivity (Wildman–Crippen MR) is 78.4 cm³/mol. The summed E-state index contributed by atoms with van der Waals surface area (Å²) in [6, 6.07) is 0.774. The summed E-state index contributed by atoms with van der Waals surface area (Å²) in [6.45, 7) is 7.66.